The summed E-state index contributed by atoms with van der Waals surface area (Å²) < 4.78 is 5.50. The van der Waals surface area contributed by atoms with Crippen LogP contribution in [0.15, 0.2) is 47.3 Å². The number of likely N-dealkylation sites (N-methyl/N-ethyl adjacent to an activating group) is 1. The van der Waals surface area contributed by atoms with Crippen molar-refractivity contribution in [2.75, 3.05) is 20.6 Å². The van der Waals surface area contributed by atoms with Crippen molar-refractivity contribution in [1.29, 1.82) is 0 Å². The third kappa shape index (κ3) is 3.66. The molecule has 0 aliphatic rings. The van der Waals surface area contributed by atoms with Gasteiger partial charge < -0.3 is 9.73 Å². The molecule has 0 bridgehead atoms. The van der Waals surface area contributed by atoms with Crippen LogP contribution < -0.4 is 5.32 Å². The second kappa shape index (κ2) is 6.50. The summed E-state index contributed by atoms with van der Waals surface area (Å²) in [4.78, 5) is 6.30. The lowest BCUT2D eigenvalue weighted by Crippen LogP contribution is -2.32. The Bertz CT molecular complexity index is 467. The van der Waals surface area contributed by atoms with Crippen LogP contribution in [0.4, 0.5) is 0 Å². The highest BCUT2D eigenvalue weighted by molar-refractivity contribution is 5.13. The first kappa shape index (κ1) is 13.8. The minimum Gasteiger partial charge on any atom is -0.468 e. The summed E-state index contributed by atoms with van der Waals surface area (Å²) in [6, 6.07) is 8.49. The summed E-state index contributed by atoms with van der Waals surface area (Å²) in [6.45, 7) is 2.97. The minimum atomic E-state index is 0.231. The standard InChI is InChI=1S/C15H21N3O/c1-12(13-6-4-8-16-10-13)17-11-14(18(2)3)15-7-5-9-19-15/h4-10,12,14,17H,11H2,1-3H3. The Balaban J connectivity index is 1.96. The van der Waals surface area contributed by atoms with E-state index in [4.69, 9.17) is 4.42 Å². The van der Waals surface area contributed by atoms with Gasteiger partial charge in [0.15, 0.2) is 0 Å². The van der Waals surface area contributed by atoms with Crippen LogP contribution in [0.25, 0.3) is 0 Å². The average molecular weight is 259 g/mol. The summed E-state index contributed by atoms with van der Waals surface area (Å²) in [5.74, 6) is 0.982. The van der Waals surface area contributed by atoms with Crippen molar-refractivity contribution in [3.63, 3.8) is 0 Å². The van der Waals surface area contributed by atoms with E-state index in [-0.39, 0.29) is 12.1 Å². The van der Waals surface area contributed by atoms with Gasteiger partial charge in [0.2, 0.25) is 0 Å². The molecule has 0 spiro atoms. The van der Waals surface area contributed by atoms with E-state index in [9.17, 15) is 0 Å². The highest BCUT2D eigenvalue weighted by Gasteiger charge is 2.17. The van der Waals surface area contributed by atoms with Crippen molar-refractivity contribution in [3.05, 3.63) is 54.2 Å². The van der Waals surface area contributed by atoms with E-state index in [2.05, 4.69) is 42.3 Å². The zero-order valence-corrected chi connectivity index (χ0v) is 11.7. The molecule has 2 aromatic rings. The fraction of sp³-hybridized carbons (Fsp3) is 0.400. The first-order valence-corrected chi connectivity index (χ1v) is 6.51. The van der Waals surface area contributed by atoms with E-state index in [0.29, 0.717) is 0 Å². The largest absolute Gasteiger partial charge is 0.468 e. The van der Waals surface area contributed by atoms with Crippen LogP contribution in [0.2, 0.25) is 0 Å². The third-order valence-electron chi connectivity index (χ3n) is 3.30. The summed E-state index contributed by atoms with van der Waals surface area (Å²) in [5.41, 5.74) is 1.19. The van der Waals surface area contributed by atoms with Gasteiger partial charge in [-0.3, -0.25) is 9.88 Å². The molecule has 0 aromatic carbocycles. The molecule has 19 heavy (non-hydrogen) atoms. The Kier molecular flexibility index (Phi) is 4.71. The van der Waals surface area contributed by atoms with Crippen LogP contribution in [0.3, 0.4) is 0 Å². The van der Waals surface area contributed by atoms with Crippen LogP contribution in [0.5, 0.6) is 0 Å². The molecule has 0 fully saturated rings. The van der Waals surface area contributed by atoms with Crippen molar-refractivity contribution in [3.8, 4) is 0 Å². The van der Waals surface area contributed by atoms with Gasteiger partial charge in [0.05, 0.1) is 12.3 Å². The van der Waals surface area contributed by atoms with Gasteiger partial charge in [-0.2, -0.15) is 0 Å². The normalized spacial score (nSPS) is 14.5. The lowest BCUT2D eigenvalue weighted by Gasteiger charge is -2.24. The molecule has 2 unspecified atom stereocenters. The summed E-state index contributed by atoms with van der Waals surface area (Å²) >= 11 is 0. The lowest BCUT2D eigenvalue weighted by molar-refractivity contribution is 0.245. The van der Waals surface area contributed by atoms with Crippen LogP contribution in [-0.4, -0.2) is 30.5 Å². The molecule has 0 amide bonds. The Morgan fingerprint density at radius 3 is 2.74 bits per heavy atom. The number of aromatic nitrogens is 1. The molecule has 102 valence electrons. The van der Waals surface area contributed by atoms with Crippen molar-refractivity contribution in [2.24, 2.45) is 0 Å². The molecule has 2 atom stereocenters. The van der Waals surface area contributed by atoms with Gasteiger partial charge in [-0.25, -0.2) is 0 Å². The quantitative estimate of drug-likeness (QED) is 0.866. The van der Waals surface area contributed by atoms with Crippen molar-refractivity contribution >= 4 is 0 Å². The minimum absolute atomic E-state index is 0.231. The molecular formula is C15H21N3O. The highest BCUT2D eigenvalue weighted by atomic mass is 16.3. The van der Waals surface area contributed by atoms with Gasteiger partial charge in [-0.1, -0.05) is 6.07 Å². The average Bonchev–Trinajstić information content (AvgIpc) is 2.93. The molecule has 0 radical (unpaired) electrons. The summed E-state index contributed by atoms with van der Waals surface area (Å²) in [5, 5.41) is 3.53. The third-order valence-corrected chi connectivity index (χ3v) is 3.30. The zero-order chi connectivity index (χ0) is 13.7. The number of furan rings is 1. The lowest BCUT2D eigenvalue weighted by atomic mass is 10.1. The number of hydrogen-bond donors (Lipinski definition) is 1. The first-order valence-electron chi connectivity index (χ1n) is 6.51. The van der Waals surface area contributed by atoms with Crippen LogP contribution in [-0.2, 0) is 0 Å². The second-order valence-corrected chi connectivity index (χ2v) is 4.91. The summed E-state index contributed by atoms with van der Waals surface area (Å²) in [6.07, 6.45) is 5.41. The zero-order valence-electron chi connectivity index (χ0n) is 11.7. The Hall–Kier alpha value is -1.65. The Morgan fingerprint density at radius 1 is 1.32 bits per heavy atom. The highest BCUT2D eigenvalue weighted by Crippen LogP contribution is 2.19. The number of pyridine rings is 1. The molecule has 0 saturated heterocycles. The van der Waals surface area contributed by atoms with E-state index in [0.717, 1.165) is 12.3 Å². The van der Waals surface area contributed by atoms with Gasteiger partial charge >= 0.3 is 0 Å². The Labute approximate surface area is 114 Å². The van der Waals surface area contributed by atoms with Crippen LogP contribution >= 0.6 is 0 Å². The molecule has 0 saturated carbocycles. The molecule has 4 nitrogen and oxygen atoms in total. The van der Waals surface area contributed by atoms with Gasteiger partial charge in [-0.05, 0) is 44.8 Å². The van der Waals surface area contributed by atoms with Gasteiger partial charge in [-0.15, -0.1) is 0 Å². The fourth-order valence-electron chi connectivity index (χ4n) is 2.06. The number of rotatable bonds is 6. The van der Waals surface area contributed by atoms with E-state index < -0.39 is 0 Å². The maximum absolute atomic E-state index is 5.50. The summed E-state index contributed by atoms with van der Waals surface area (Å²) in [7, 11) is 4.12. The number of nitrogens with zero attached hydrogens (tertiary/aromatic N) is 2. The smallest absolute Gasteiger partial charge is 0.122 e. The molecule has 4 heteroatoms. The molecule has 0 aliphatic heterocycles. The van der Waals surface area contributed by atoms with Gasteiger partial charge in [0, 0.05) is 25.0 Å². The second-order valence-electron chi connectivity index (χ2n) is 4.91. The monoisotopic (exact) mass is 259 g/mol. The molecule has 2 heterocycles. The van der Waals surface area contributed by atoms with E-state index in [1.54, 1.807) is 12.5 Å². The topological polar surface area (TPSA) is 41.3 Å². The van der Waals surface area contributed by atoms with Gasteiger partial charge in [0.25, 0.3) is 0 Å². The molecule has 0 aliphatic carbocycles. The number of nitrogens with one attached hydrogen (secondary N) is 1. The van der Waals surface area contributed by atoms with Crippen LogP contribution in [0.1, 0.15) is 30.3 Å². The van der Waals surface area contributed by atoms with E-state index in [1.807, 2.05) is 24.4 Å². The number of hydrogen-bond acceptors (Lipinski definition) is 4. The molecule has 2 aromatic heterocycles. The maximum Gasteiger partial charge on any atom is 0.122 e. The Morgan fingerprint density at radius 2 is 2.16 bits per heavy atom. The van der Waals surface area contributed by atoms with Crippen molar-refractivity contribution in [2.45, 2.75) is 19.0 Å². The molecule has 2 rings (SSSR count). The van der Waals surface area contributed by atoms with E-state index >= 15 is 0 Å². The SMILES string of the molecule is CC(NCC(c1ccco1)N(C)C)c1cccnc1. The van der Waals surface area contributed by atoms with E-state index in [1.165, 1.54) is 5.56 Å². The first-order chi connectivity index (χ1) is 9.18. The van der Waals surface area contributed by atoms with Gasteiger partial charge in [0.1, 0.15) is 5.76 Å². The van der Waals surface area contributed by atoms with Crippen molar-refractivity contribution < 1.29 is 4.42 Å². The molecule has 1 N–H and O–H groups in total. The molecular weight excluding hydrogens is 238 g/mol. The predicted molar refractivity (Wildman–Crippen MR) is 75.8 cm³/mol. The van der Waals surface area contributed by atoms with Crippen LogP contribution in [0, 0.1) is 0 Å². The predicted octanol–water partition coefficient (Wildman–Crippen LogP) is 2.63. The maximum atomic E-state index is 5.50. The van der Waals surface area contributed by atoms with Crippen molar-refractivity contribution in [1.82, 2.24) is 15.2 Å². The fourth-order valence-corrected chi connectivity index (χ4v) is 2.06.